The Labute approximate surface area is 209 Å². The second-order valence-electron chi connectivity index (χ2n) is 7.84. The molecule has 1 N–H and O–H groups in total. The van der Waals surface area contributed by atoms with Crippen molar-refractivity contribution in [2.24, 2.45) is 0 Å². The summed E-state index contributed by atoms with van der Waals surface area (Å²) >= 11 is 1.87. The van der Waals surface area contributed by atoms with Gasteiger partial charge in [-0.25, -0.2) is 0 Å². The van der Waals surface area contributed by atoms with Gasteiger partial charge in [-0.2, -0.15) is 0 Å². The maximum absolute atomic E-state index is 9.75. The van der Waals surface area contributed by atoms with Gasteiger partial charge in [-0.15, -0.1) is 0 Å². The third-order valence-electron chi connectivity index (χ3n) is 5.50. The molecule has 8 heteroatoms. The van der Waals surface area contributed by atoms with Crippen molar-refractivity contribution in [3.63, 3.8) is 0 Å². The number of aliphatic hydroxyl groups excluding tert-OH is 1. The molecule has 1 atom stereocenters. The molecular weight excluding hydrogens is 491 g/mol. The number of hydrogen-bond acceptors (Lipinski definition) is 2. The number of benzene rings is 4. The zero-order chi connectivity index (χ0) is 24.8. The highest BCUT2D eigenvalue weighted by Gasteiger charge is 2.37. The zero-order valence-corrected chi connectivity index (χ0v) is 20.3. The molecule has 0 bridgehead atoms. The summed E-state index contributed by atoms with van der Waals surface area (Å²) in [5.41, 5.74) is 2.52. The van der Waals surface area contributed by atoms with Crippen LogP contribution in [0.2, 0.25) is 0 Å². The van der Waals surface area contributed by atoms with Gasteiger partial charge in [0.25, 0.3) is 0 Å². The lowest BCUT2D eigenvalue weighted by Crippen LogP contribution is -2.11. The van der Waals surface area contributed by atoms with E-state index in [-0.39, 0.29) is 23.4 Å². The van der Waals surface area contributed by atoms with Crippen molar-refractivity contribution in [2.75, 3.05) is 6.61 Å². The van der Waals surface area contributed by atoms with E-state index in [0.29, 0.717) is 0 Å². The average molecular weight is 514 g/mol. The van der Waals surface area contributed by atoms with Crippen LogP contribution in [0.3, 0.4) is 0 Å². The quantitative estimate of drug-likeness (QED) is 0.145. The topological polar surface area (TPSA) is 20.2 Å². The number of rotatable bonds is 5. The Morgan fingerprint density at radius 2 is 1.11 bits per heavy atom. The van der Waals surface area contributed by atoms with Crippen molar-refractivity contribution in [3.05, 3.63) is 114 Å². The molecule has 180 valence electrons. The second-order valence-corrected chi connectivity index (χ2v) is 10.9. The van der Waals surface area contributed by atoms with Crippen LogP contribution in [-0.4, -0.2) is 19.0 Å². The minimum Gasteiger partial charge on any atom is -0.418 e. The fourth-order valence-corrected chi connectivity index (χ4v) is 7.81. The van der Waals surface area contributed by atoms with Gasteiger partial charge >= 0.3 is 7.25 Å². The van der Waals surface area contributed by atoms with Gasteiger partial charge in [-0.3, -0.25) is 0 Å². The minimum atomic E-state index is -6.00. The van der Waals surface area contributed by atoms with E-state index in [2.05, 4.69) is 97.1 Å². The van der Waals surface area contributed by atoms with Gasteiger partial charge < -0.3 is 22.4 Å². The largest absolute Gasteiger partial charge is 0.673 e. The van der Waals surface area contributed by atoms with Crippen LogP contribution in [0.1, 0.15) is 23.5 Å². The van der Waals surface area contributed by atoms with Crippen LogP contribution >= 0.6 is 11.8 Å². The van der Waals surface area contributed by atoms with E-state index in [1.807, 2.05) is 17.8 Å². The summed E-state index contributed by atoms with van der Waals surface area (Å²) in [5, 5.41) is 9.64. The molecule has 1 heterocycles. The molecule has 0 fully saturated rings. The molecule has 1 nitrogen and oxygen atoms in total. The Morgan fingerprint density at radius 3 is 1.63 bits per heavy atom. The molecule has 4 aromatic carbocycles. The van der Waals surface area contributed by atoms with E-state index in [4.69, 9.17) is 0 Å². The fourth-order valence-electron chi connectivity index (χ4n) is 4.07. The van der Waals surface area contributed by atoms with Gasteiger partial charge in [-0.1, -0.05) is 78.5 Å². The Kier molecular flexibility index (Phi) is 8.26. The summed E-state index contributed by atoms with van der Waals surface area (Å²) in [5.74, 6) is 0.218. The van der Waals surface area contributed by atoms with Crippen molar-refractivity contribution < 1.29 is 22.4 Å². The summed E-state index contributed by atoms with van der Waals surface area (Å²) in [4.78, 5) is 6.86. The van der Waals surface area contributed by atoms with E-state index < -0.39 is 7.25 Å². The molecule has 0 aliphatic carbocycles. The minimum absolute atomic E-state index is 0.0979. The number of aliphatic hydroxyl groups is 1. The highest BCUT2D eigenvalue weighted by molar-refractivity contribution is 8.04. The summed E-state index contributed by atoms with van der Waals surface area (Å²) in [6.07, 6.45) is 0.734. The standard InChI is InChI=1S/C27H23OS2.BF4/c28-19-18-23(20-8-2-1-3-9-20)21-14-16-22(17-15-21)30-26-12-6-4-10-24(26)29-25-11-5-7-13-27(25)30;2-1(3,4)5/h1-17,23,28H,18-19H2;/q+1;-1. The lowest BCUT2D eigenvalue weighted by Gasteiger charge is -2.20. The van der Waals surface area contributed by atoms with Gasteiger partial charge in [0.05, 0.1) is 9.79 Å². The molecule has 1 aliphatic heterocycles. The molecular formula is C27H23BF4OS2. The van der Waals surface area contributed by atoms with Crippen LogP contribution < -0.4 is 0 Å². The highest BCUT2D eigenvalue weighted by atomic mass is 32.2. The van der Waals surface area contributed by atoms with Gasteiger partial charge in [0.1, 0.15) is 10.9 Å². The molecule has 4 aromatic rings. The summed E-state index contributed by atoms with van der Waals surface area (Å²) in [6, 6.07) is 37.1. The molecule has 0 radical (unpaired) electrons. The Morgan fingerprint density at radius 1 is 0.657 bits per heavy atom. The number of fused-ring (bicyclic) bond motifs is 2. The van der Waals surface area contributed by atoms with E-state index in [0.717, 1.165) is 6.42 Å². The SMILES string of the molecule is F[B-](F)(F)F.OCCC(c1ccccc1)c1ccc([S+]2c3ccccc3Sc3ccccc32)cc1. The van der Waals surface area contributed by atoms with Crippen molar-refractivity contribution in [3.8, 4) is 0 Å². The van der Waals surface area contributed by atoms with E-state index in [1.165, 1.54) is 35.6 Å². The maximum Gasteiger partial charge on any atom is 0.673 e. The van der Waals surface area contributed by atoms with Crippen molar-refractivity contribution in [1.29, 1.82) is 0 Å². The van der Waals surface area contributed by atoms with E-state index >= 15 is 0 Å². The first-order chi connectivity index (χ1) is 16.8. The Hall–Kier alpha value is -2.68. The Balaban J connectivity index is 0.000000527. The first kappa shape index (κ1) is 25.4. The van der Waals surface area contributed by atoms with Crippen molar-refractivity contribution >= 4 is 29.9 Å². The third-order valence-corrected chi connectivity index (χ3v) is 9.24. The average Bonchev–Trinajstić information content (AvgIpc) is 2.85. The highest BCUT2D eigenvalue weighted by Crippen LogP contribution is 2.48. The molecule has 0 spiro atoms. The van der Waals surface area contributed by atoms with Crippen LogP contribution in [0.15, 0.2) is 128 Å². The normalized spacial score (nSPS) is 13.7. The molecule has 0 aromatic heterocycles. The first-order valence-corrected chi connectivity index (χ1v) is 13.1. The molecule has 0 saturated carbocycles. The Bertz CT molecular complexity index is 1200. The lowest BCUT2D eigenvalue weighted by molar-refractivity contribution is 0.281. The van der Waals surface area contributed by atoms with Crippen LogP contribution in [0.5, 0.6) is 0 Å². The van der Waals surface area contributed by atoms with Crippen molar-refractivity contribution in [1.82, 2.24) is 0 Å². The fraction of sp³-hybridized carbons (Fsp3) is 0.111. The molecule has 0 saturated heterocycles. The monoisotopic (exact) mass is 514 g/mol. The predicted molar refractivity (Wildman–Crippen MR) is 136 cm³/mol. The molecule has 35 heavy (non-hydrogen) atoms. The van der Waals surface area contributed by atoms with Crippen LogP contribution in [0, 0.1) is 0 Å². The predicted octanol–water partition coefficient (Wildman–Crippen LogP) is 8.06. The van der Waals surface area contributed by atoms with Gasteiger partial charge in [0.15, 0.2) is 14.7 Å². The third kappa shape index (κ3) is 6.51. The van der Waals surface area contributed by atoms with Crippen LogP contribution in [-0.2, 0) is 10.9 Å². The smallest absolute Gasteiger partial charge is 0.418 e. The van der Waals surface area contributed by atoms with Crippen LogP contribution in [0.4, 0.5) is 17.3 Å². The summed E-state index contributed by atoms with van der Waals surface area (Å²) in [7, 11) is -6.10. The van der Waals surface area contributed by atoms with Gasteiger partial charge in [0, 0.05) is 12.5 Å². The molecule has 5 rings (SSSR count). The summed E-state index contributed by atoms with van der Waals surface area (Å²) in [6.45, 7) is 0.184. The lowest BCUT2D eigenvalue weighted by atomic mass is 9.89. The van der Waals surface area contributed by atoms with Gasteiger partial charge in [-0.05, 0) is 53.9 Å². The van der Waals surface area contributed by atoms with Crippen molar-refractivity contribution in [2.45, 2.75) is 36.8 Å². The zero-order valence-electron chi connectivity index (χ0n) is 18.7. The van der Waals surface area contributed by atoms with Gasteiger partial charge in [0.2, 0.25) is 0 Å². The maximum atomic E-state index is 9.75. The number of halogens is 4. The molecule has 1 aliphatic rings. The first-order valence-electron chi connectivity index (χ1n) is 11.1. The van der Waals surface area contributed by atoms with E-state index in [9.17, 15) is 22.4 Å². The van der Waals surface area contributed by atoms with E-state index in [1.54, 1.807) is 0 Å². The second kappa shape index (κ2) is 11.4. The number of hydrogen-bond donors (Lipinski definition) is 1. The van der Waals surface area contributed by atoms with Crippen LogP contribution in [0.25, 0.3) is 0 Å². The molecule has 0 amide bonds. The summed E-state index contributed by atoms with van der Waals surface area (Å²) < 4.78 is 39.0. The molecule has 1 unspecified atom stereocenters.